The van der Waals surface area contributed by atoms with Gasteiger partial charge in [-0.05, 0) is 17.7 Å². The zero-order valence-corrected chi connectivity index (χ0v) is 11.1. The number of hydrogen-bond donors (Lipinski definition) is 2. The van der Waals surface area contributed by atoms with Gasteiger partial charge in [0.15, 0.2) is 0 Å². The molecule has 0 aliphatic carbocycles. The van der Waals surface area contributed by atoms with Crippen molar-refractivity contribution < 1.29 is 14.7 Å². The van der Waals surface area contributed by atoms with Crippen LogP contribution in [0.4, 0.5) is 0 Å². The van der Waals surface area contributed by atoms with Gasteiger partial charge in [0.25, 0.3) is 5.91 Å². The van der Waals surface area contributed by atoms with E-state index in [9.17, 15) is 14.7 Å². The van der Waals surface area contributed by atoms with Gasteiger partial charge in [0.05, 0.1) is 0 Å². The van der Waals surface area contributed by atoms with Crippen molar-refractivity contribution in [2.45, 2.75) is 12.5 Å². The van der Waals surface area contributed by atoms with Crippen molar-refractivity contribution in [2.75, 3.05) is 0 Å². The Morgan fingerprint density at radius 1 is 1.20 bits per heavy atom. The quantitative estimate of drug-likeness (QED) is 0.865. The summed E-state index contributed by atoms with van der Waals surface area (Å²) in [6.07, 6.45) is 1.99. The lowest BCUT2D eigenvalue weighted by atomic mass is 10.1. The highest BCUT2D eigenvalue weighted by molar-refractivity contribution is 5.95. The second-order valence-electron chi connectivity index (χ2n) is 4.56. The molecule has 0 spiro atoms. The van der Waals surface area contributed by atoms with Crippen LogP contribution in [0.25, 0.3) is 0 Å². The molecule has 1 unspecified atom stereocenters. The second kappa shape index (κ2) is 6.06. The van der Waals surface area contributed by atoms with E-state index in [0.29, 0.717) is 5.69 Å². The van der Waals surface area contributed by atoms with Gasteiger partial charge in [0, 0.05) is 19.7 Å². The molecule has 2 rings (SSSR count). The lowest BCUT2D eigenvalue weighted by Gasteiger charge is -2.15. The topological polar surface area (TPSA) is 71.3 Å². The van der Waals surface area contributed by atoms with Crippen molar-refractivity contribution in [2.24, 2.45) is 7.05 Å². The summed E-state index contributed by atoms with van der Waals surface area (Å²) in [6.45, 7) is 0. The van der Waals surface area contributed by atoms with Crippen LogP contribution in [0.1, 0.15) is 16.1 Å². The molecule has 0 radical (unpaired) electrons. The summed E-state index contributed by atoms with van der Waals surface area (Å²) in [4.78, 5) is 23.3. The lowest BCUT2D eigenvalue weighted by Crippen LogP contribution is -2.42. The zero-order chi connectivity index (χ0) is 14.5. The number of nitrogens with zero attached hydrogens (tertiary/aromatic N) is 1. The number of benzene rings is 1. The first-order valence-corrected chi connectivity index (χ1v) is 6.27. The predicted octanol–water partition coefficient (Wildman–Crippen LogP) is 1.45. The van der Waals surface area contributed by atoms with Crippen LogP contribution in [0.5, 0.6) is 0 Å². The Labute approximate surface area is 116 Å². The van der Waals surface area contributed by atoms with Crippen molar-refractivity contribution in [1.82, 2.24) is 9.88 Å². The maximum absolute atomic E-state index is 12.0. The van der Waals surface area contributed by atoms with Gasteiger partial charge < -0.3 is 15.0 Å². The predicted molar refractivity (Wildman–Crippen MR) is 74.4 cm³/mol. The van der Waals surface area contributed by atoms with Gasteiger partial charge in [-0.15, -0.1) is 0 Å². The van der Waals surface area contributed by atoms with Crippen molar-refractivity contribution in [1.29, 1.82) is 0 Å². The molecule has 2 N–H and O–H groups in total. The number of amides is 1. The molecule has 1 amide bonds. The summed E-state index contributed by atoms with van der Waals surface area (Å²) < 4.78 is 1.65. The number of nitrogens with one attached hydrogen (secondary N) is 1. The molecule has 2 aromatic rings. The molecule has 104 valence electrons. The normalized spacial score (nSPS) is 11.8. The molecule has 1 heterocycles. The van der Waals surface area contributed by atoms with E-state index in [1.54, 1.807) is 29.9 Å². The highest BCUT2D eigenvalue weighted by atomic mass is 16.4. The maximum Gasteiger partial charge on any atom is 0.326 e. The van der Waals surface area contributed by atoms with E-state index < -0.39 is 12.0 Å². The molecule has 1 aromatic heterocycles. The Morgan fingerprint density at radius 2 is 1.90 bits per heavy atom. The molecule has 5 heteroatoms. The van der Waals surface area contributed by atoms with Gasteiger partial charge in [-0.1, -0.05) is 30.3 Å². The Balaban J connectivity index is 2.09. The first-order chi connectivity index (χ1) is 9.58. The van der Waals surface area contributed by atoms with Crippen molar-refractivity contribution in [3.05, 3.63) is 59.9 Å². The van der Waals surface area contributed by atoms with Crippen molar-refractivity contribution in [3.63, 3.8) is 0 Å². The molecule has 20 heavy (non-hydrogen) atoms. The maximum atomic E-state index is 12.0. The van der Waals surface area contributed by atoms with Crippen LogP contribution in [0.2, 0.25) is 0 Å². The van der Waals surface area contributed by atoms with Crippen LogP contribution in [0.3, 0.4) is 0 Å². The number of carbonyl (C=O) groups is 2. The second-order valence-corrected chi connectivity index (χ2v) is 4.56. The average Bonchev–Trinajstić information content (AvgIpc) is 2.85. The van der Waals surface area contributed by atoms with Crippen molar-refractivity contribution >= 4 is 11.9 Å². The highest BCUT2D eigenvalue weighted by Gasteiger charge is 2.21. The molecule has 1 atom stereocenters. The number of carboxylic acid groups (broad SMARTS) is 1. The minimum atomic E-state index is -1.04. The van der Waals surface area contributed by atoms with E-state index in [1.165, 1.54) is 0 Å². The van der Waals surface area contributed by atoms with Crippen LogP contribution < -0.4 is 5.32 Å². The average molecular weight is 272 g/mol. The largest absolute Gasteiger partial charge is 0.480 e. The fraction of sp³-hybridized carbons (Fsp3) is 0.200. The van der Waals surface area contributed by atoms with Crippen molar-refractivity contribution in [3.8, 4) is 0 Å². The number of aromatic nitrogens is 1. The lowest BCUT2D eigenvalue weighted by molar-refractivity contribution is -0.139. The molecule has 0 fully saturated rings. The Morgan fingerprint density at radius 3 is 2.45 bits per heavy atom. The van der Waals surface area contributed by atoms with Crippen LogP contribution >= 0.6 is 0 Å². The molecule has 0 bridgehead atoms. The Kier molecular flexibility index (Phi) is 4.20. The monoisotopic (exact) mass is 272 g/mol. The van der Waals surface area contributed by atoms with E-state index in [0.717, 1.165) is 5.56 Å². The summed E-state index contributed by atoms with van der Waals surface area (Å²) in [6, 6.07) is 11.7. The van der Waals surface area contributed by atoms with E-state index in [1.807, 2.05) is 30.3 Å². The third-order valence-electron chi connectivity index (χ3n) is 3.06. The summed E-state index contributed by atoms with van der Waals surface area (Å²) in [7, 11) is 1.74. The fourth-order valence-electron chi connectivity index (χ4n) is 1.98. The van der Waals surface area contributed by atoms with Gasteiger partial charge in [0.2, 0.25) is 0 Å². The number of rotatable bonds is 5. The number of aliphatic carboxylic acids is 1. The molecular formula is C15H16N2O3. The van der Waals surface area contributed by atoms with Gasteiger partial charge in [-0.2, -0.15) is 0 Å². The molecule has 1 aromatic carbocycles. The van der Waals surface area contributed by atoms with E-state index in [2.05, 4.69) is 5.32 Å². The Hall–Kier alpha value is -2.56. The molecular weight excluding hydrogens is 256 g/mol. The van der Waals surface area contributed by atoms with Gasteiger partial charge in [-0.25, -0.2) is 4.79 Å². The Bertz CT molecular complexity index is 605. The zero-order valence-electron chi connectivity index (χ0n) is 11.1. The number of aryl methyl sites for hydroxylation is 1. The molecule has 0 aliphatic rings. The molecule has 0 saturated carbocycles. The number of hydrogen-bond acceptors (Lipinski definition) is 2. The van der Waals surface area contributed by atoms with Gasteiger partial charge in [0.1, 0.15) is 11.7 Å². The fourth-order valence-corrected chi connectivity index (χ4v) is 1.98. The molecule has 0 aliphatic heterocycles. The SMILES string of the molecule is Cn1cccc1C(=O)NC(Cc1ccccc1)C(=O)O. The minimum absolute atomic E-state index is 0.256. The van der Waals surface area contributed by atoms with Crippen LogP contribution in [-0.2, 0) is 18.3 Å². The van der Waals surface area contributed by atoms with E-state index >= 15 is 0 Å². The molecule has 0 saturated heterocycles. The minimum Gasteiger partial charge on any atom is -0.480 e. The van der Waals surface area contributed by atoms with Gasteiger partial charge >= 0.3 is 5.97 Å². The third kappa shape index (κ3) is 3.26. The van der Waals surface area contributed by atoms with E-state index in [-0.39, 0.29) is 12.3 Å². The van der Waals surface area contributed by atoms with Crippen LogP contribution in [0, 0.1) is 0 Å². The third-order valence-corrected chi connectivity index (χ3v) is 3.06. The summed E-state index contributed by atoms with van der Waals surface area (Å²) in [5, 5.41) is 11.8. The number of carbonyl (C=O) groups excluding carboxylic acids is 1. The van der Waals surface area contributed by atoms with Crippen LogP contribution in [-0.4, -0.2) is 27.6 Å². The summed E-state index contributed by atoms with van der Waals surface area (Å²) in [5.74, 6) is -1.43. The smallest absolute Gasteiger partial charge is 0.326 e. The summed E-state index contributed by atoms with van der Waals surface area (Å²) in [5.41, 5.74) is 1.30. The summed E-state index contributed by atoms with van der Waals surface area (Å²) >= 11 is 0. The van der Waals surface area contributed by atoms with Crippen LogP contribution in [0.15, 0.2) is 48.7 Å². The standard InChI is InChI=1S/C15H16N2O3/c1-17-9-5-8-13(17)14(18)16-12(15(19)20)10-11-6-3-2-4-7-11/h2-9,12H,10H2,1H3,(H,16,18)(H,19,20). The first kappa shape index (κ1) is 13.9. The number of carboxylic acids is 1. The van der Waals surface area contributed by atoms with E-state index in [4.69, 9.17) is 0 Å². The highest BCUT2D eigenvalue weighted by Crippen LogP contribution is 2.05. The van der Waals surface area contributed by atoms with Gasteiger partial charge in [-0.3, -0.25) is 4.79 Å². The molecule has 5 nitrogen and oxygen atoms in total. The first-order valence-electron chi connectivity index (χ1n) is 6.27.